The van der Waals surface area contributed by atoms with Gasteiger partial charge in [-0.15, -0.1) is 11.3 Å². The maximum absolute atomic E-state index is 11.7. The Balaban J connectivity index is 2.03. The summed E-state index contributed by atoms with van der Waals surface area (Å²) in [5.41, 5.74) is 2.02. The topological polar surface area (TPSA) is 102 Å². The largest absolute Gasteiger partial charge is 0.423 e. The highest BCUT2D eigenvalue weighted by Gasteiger charge is 2.19. The molecule has 0 saturated carbocycles. The second kappa shape index (κ2) is 9.23. The van der Waals surface area contributed by atoms with Gasteiger partial charge in [0.1, 0.15) is 5.75 Å². The lowest BCUT2D eigenvalue weighted by Gasteiger charge is -2.09. The van der Waals surface area contributed by atoms with Crippen LogP contribution in [0.4, 0.5) is 5.13 Å². The number of nitrogens with one attached hydrogen (secondary N) is 1. The summed E-state index contributed by atoms with van der Waals surface area (Å²) in [6, 6.07) is 13.5. The quantitative estimate of drug-likeness (QED) is 0.329. The predicted molar refractivity (Wildman–Crippen MR) is 120 cm³/mol. The van der Waals surface area contributed by atoms with E-state index >= 15 is 0 Å². The van der Waals surface area contributed by atoms with Gasteiger partial charge in [-0.1, -0.05) is 30.8 Å². The van der Waals surface area contributed by atoms with Gasteiger partial charge in [0.05, 0.1) is 10.6 Å². The van der Waals surface area contributed by atoms with Crippen LogP contribution in [-0.4, -0.2) is 31.5 Å². The second-order valence-corrected chi connectivity index (χ2v) is 9.79. The number of esters is 1. The number of sulfone groups is 1. The maximum Gasteiger partial charge on any atom is 0.335 e. The van der Waals surface area contributed by atoms with Crippen LogP contribution in [0.3, 0.4) is 0 Å². The number of para-hydroxylation sites is 1. The van der Waals surface area contributed by atoms with Crippen molar-refractivity contribution in [1.82, 2.24) is 4.98 Å². The van der Waals surface area contributed by atoms with Gasteiger partial charge in [0, 0.05) is 36.1 Å². The molecule has 7 nitrogen and oxygen atoms in total. The highest BCUT2D eigenvalue weighted by molar-refractivity contribution is 7.90. The summed E-state index contributed by atoms with van der Waals surface area (Å²) in [6.07, 6.45) is 2.68. The molecule has 0 aliphatic carbocycles. The molecule has 0 aliphatic rings. The van der Waals surface area contributed by atoms with Crippen molar-refractivity contribution in [3.05, 3.63) is 71.6 Å². The minimum atomic E-state index is -3.29. The third-order valence-corrected chi connectivity index (χ3v) is 6.32. The van der Waals surface area contributed by atoms with Gasteiger partial charge in [0.15, 0.2) is 15.0 Å². The van der Waals surface area contributed by atoms with Crippen molar-refractivity contribution in [2.45, 2.75) is 18.2 Å². The van der Waals surface area contributed by atoms with Gasteiger partial charge in [-0.25, -0.2) is 18.2 Å². The van der Waals surface area contributed by atoms with E-state index in [1.807, 2.05) is 0 Å². The molecular formula is C22H20N2O5S2. The van der Waals surface area contributed by atoms with Gasteiger partial charge in [0.25, 0.3) is 0 Å². The molecule has 0 bridgehead atoms. The Kier molecular flexibility index (Phi) is 6.67. The number of carbonyl (C=O) groups is 2. The summed E-state index contributed by atoms with van der Waals surface area (Å²) in [7, 11) is -3.29. The van der Waals surface area contributed by atoms with Crippen molar-refractivity contribution in [1.29, 1.82) is 0 Å². The number of nitrogens with zero attached hydrogens (tertiary/aromatic N) is 1. The number of carbonyl (C=O) groups excluding carboxylic acids is 2. The molecule has 0 atom stereocenters. The van der Waals surface area contributed by atoms with E-state index in [1.54, 1.807) is 48.5 Å². The van der Waals surface area contributed by atoms with Crippen molar-refractivity contribution in [3.63, 3.8) is 0 Å². The first-order valence-electron chi connectivity index (χ1n) is 9.17. The zero-order chi connectivity index (χ0) is 22.6. The van der Waals surface area contributed by atoms with Crippen LogP contribution < -0.4 is 10.1 Å². The molecule has 3 aromatic rings. The SMILES string of the molecule is C=CC(=O)Oc1ccccc1-c1nc(NC(C)=O)sc1Cc1ccc(S(C)(=O)=O)cc1. The molecule has 1 amide bonds. The monoisotopic (exact) mass is 456 g/mol. The fourth-order valence-electron chi connectivity index (χ4n) is 2.83. The molecule has 1 N–H and O–H groups in total. The Labute approximate surface area is 184 Å². The van der Waals surface area contributed by atoms with E-state index in [1.165, 1.54) is 18.3 Å². The number of hydrogen-bond donors (Lipinski definition) is 1. The summed E-state index contributed by atoms with van der Waals surface area (Å²) in [4.78, 5) is 28.9. The number of amides is 1. The number of aromatic nitrogens is 1. The first kappa shape index (κ1) is 22.4. The first-order chi connectivity index (χ1) is 14.7. The summed E-state index contributed by atoms with van der Waals surface area (Å²) in [5.74, 6) is -0.529. The first-order valence-corrected chi connectivity index (χ1v) is 11.9. The standard InChI is InChI=1S/C22H20N2O5S2/c1-4-20(26)29-18-8-6-5-7-17(18)21-19(30-22(24-21)23-14(2)25)13-15-9-11-16(12-10-15)31(3,27)28/h4-12H,1,13H2,2-3H3,(H,23,24,25). The van der Waals surface area contributed by atoms with Gasteiger partial charge in [-0.3, -0.25) is 4.79 Å². The van der Waals surface area contributed by atoms with Crippen LogP contribution in [0.5, 0.6) is 5.75 Å². The molecule has 1 aromatic heterocycles. The zero-order valence-electron chi connectivity index (χ0n) is 16.9. The minimum absolute atomic E-state index is 0.237. The van der Waals surface area contributed by atoms with E-state index in [-0.39, 0.29) is 10.8 Å². The Hall–Kier alpha value is -3.30. The van der Waals surface area contributed by atoms with Crippen LogP contribution in [0.25, 0.3) is 11.3 Å². The number of thiazole rings is 1. The van der Waals surface area contributed by atoms with Crippen LogP contribution in [0.15, 0.2) is 66.1 Å². The predicted octanol–water partition coefficient (Wildman–Crippen LogP) is 3.85. The molecule has 160 valence electrons. The van der Waals surface area contributed by atoms with E-state index in [9.17, 15) is 18.0 Å². The number of benzene rings is 2. The van der Waals surface area contributed by atoms with E-state index in [2.05, 4.69) is 16.9 Å². The van der Waals surface area contributed by atoms with Crippen LogP contribution in [0, 0.1) is 0 Å². The molecule has 0 spiro atoms. The molecule has 9 heteroatoms. The second-order valence-electron chi connectivity index (χ2n) is 6.69. The number of rotatable bonds is 7. The molecule has 0 saturated heterocycles. The van der Waals surface area contributed by atoms with Gasteiger partial charge < -0.3 is 10.1 Å². The van der Waals surface area contributed by atoms with Crippen molar-refractivity contribution in [3.8, 4) is 17.0 Å². The lowest BCUT2D eigenvalue weighted by atomic mass is 10.1. The number of hydrogen-bond acceptors (Lipinski definition) is 7. The highest BCUT2D eigenvalue weighted by atomic mass is 32.2. The summed E-state index contributed by atoms with van der Waals surface area (Å²) < 4.78 is 28.8. The van der Waals surface area contributed by atoms with Crippen LogP contribution in [-0.2, 0) is 25.8 Å². The number of anilines is 1. The fraction of sp³-hybridized carbons (Fsp3) is 0.136. The third-order valence-electron chi connectivity index (χ3n) is 4.22. The Bertz CT molecular complexity index is 1250. The van der Waals surface area contributed by atoms with Crippen molar-refractivity contribution in [2.24, 2.45) is 0 Å². The molecule has 2 aromatic carbocycles. The van der Waals surface area contributed by atoms with Crippen molar-refractivity contribution >= 4 is 38.2 Å². The smallest absolute Gasteiger partial charge is 0.335 e. The van der Waals surface area contributed by atoms with Crippen molar-refractivity contribution in [2.75, 3.05) is 11.6 Å². The van der Waals surface area contributed by atoms with Crippen LogP contribution in [0.1, 0.15) is 17.4 Å². The Morgan fingerprint density at radius 3 is 2.45 bits per heavy atom. The molecule has 0 fully saturated rings. The van der Waals surface area contributed by atoms with E-state index in [4.69, 9.17) is 4.74 Å². The summed E-state index contributed by atoms with van der Waals surface area (Å²) in [5, 5.41) is 3.10. The lowest BCUT2D eigenvalue weighted by molar-refractivity contribution is -0.128. The van der Waals surface area contributed by atoms with E-state index in [0.717, 1.165) is 22.8 Å². The summed E-state index contributed by atoms with van der Waals surface area (Å²) >= 11 is 1.30. The van der Waals surface area contributed by atoms with Crippen LogP contribution >= 0.6 is 11.3 Å². The molecule has 0 unspecified atom stereocenters. The Morgan fingerprint density at radius 2 is 1.84 bits per heavy atom. The Morgan fingerprint density at radius 1 is 1.16 bits per heavy atom. The maximum atomic E-state index is 11.7. The van der Waals surface area contributed by atoms with Gasteiger partial charge in [0.2, 0.25) is 5.91 Å². The molecule has 3 rings (SSSR count). The van der Waals surface area contributed by atoms with E-state index < -0.39 is 15.8 Å². The normalized spacial score (nSPS) is 11.0. The average Bonchev–Trinajstić information content (AvgIpc) is 3.09. The molecule has 0 radical (unpaired) electrons. The third kappa shape index (κ3) is 5.65. The van der Waals surface area contributed by atoms with Gasteiger partial charge in [-0.2, -0.15) is 0 Å². The molecule has 31 heavy (non-hydrogen) atoms. The molecule has 1 heterocycles. The van der Waals surface area contributed by atoms with E-state index in [0.29, 0.717) is 28.6 Å². The lowest BCUT2D eigenvalue weighted by Crippen LogP contribution is -2.05. The van der Waals surface area contributed by atoms with Crippen molar-refractivity contribution < 1.29 is 22.7 Å². The average molecular weight is 457 g/mol. The zero-order valence-corrected chi connectivity index (χ0v) is 18.5. The fourth-order valence-corrected chi connectivity index (χ4v) is 4.51. The van der Waals surface area contributed by atoms with Crippen LogP contribution in [0.2, 0.25) is 0 Å². The molecule has 0 aliphatic heterocycles. The molecular weight excluding hydrogens is 436 g/mol. The summed E-state index contributed by atoms with van der Waals surface area (Å²) in [6.45, 7) is 4.81. The van der Waals surface area contributed by atoms with Gasteiger partial charge in [-0.05, 0) is 29.8 Å². The number of ether oxygens (including phenoxy) is 1. The highest BCUT2D eigenvalue weighted by Crippen LogP contribution is 2.37. The van der Waals surface area contributed by atoms with Gasteiger partial charge >= 0.3 is 5.97 Å². The minimum Gasteiger partial charge on any atom is -0.423 e.